The summed E-state index contributed by atoms with van der Waals surface area (Å²) in [5.74, 6) is 0. The first-order chi connectivity index (χ1) is 6.10. The monoisotopic (exact) mass is 225 g/mol. The minimum Gasteiger partial charge on any atom is -0.290 e. The molecule has 0 N–H and O–H groups in total. The van der Waals surface area contributed by atoms with Crippen LogP contribution in [0.25, 0.3) is 0 Å². The maximum atomic E-state index is 11.5. The first kappa shape index (κ1) is 16.0. The number of rotatable bonds is 2. The summed E-state index contributed by atoms with van der Waals surface area (Å²) in [5.41, 5.74) is 0. The van der Waals surface area contributed by atoms with Gasteiger partial charge in [0.1, 0.15) is 0 Å². The molecule has 0 unspecified atom stereocenters. The molecule has 0 atom stereocenters. The van der Waals surface area contributed by atoms with Gasteiger partial charge in [-0.25, -0.2) is 0 Å². The molecule has 7 heteroatoms. The van der Waals surface area contributed by atoms with Gasteiger partial charge in [-0.15, -0.1) is 0 Å². The predicted molar refractivity (Wildman–Crippen MR) is 41.0 cm³/mol. The zero-order chi connectivity index (χ0) is 12.0. The third kappa shape index (κ3) is 14.1. The van der Waals surface area contributed by atoms with Crippen molar-refractivity contribution in [3.63, 3.8) is 0 Å². The van der Waals surface area contributed by atoms with Crippen molar-refractivity contribution < 1.29 is 26.3 Å². The third-order valence-corrected chi connectivity index (χ3v) is 0.898. The molecule has 0 aromatic carbocycles. The Morgan fingerprint density at radius 1 is 0.786 bits per heavy atom. The number of hydrogen-bond acceptors (Lipinski definition) is 1. The van der Waals surface area contributed by atoms with E-state index in [0.29, 0.717) is 0 Å². The summed E-state index contributed by atoms with van der Waals surface area (Å²) in [6, 6.07) is 0. The molecule has 0 amide bonds. The molecule has 0 aliphatic carbocycles. The second kappa shape index (κ2) is 6.10. The summed E-state index contributed by atoms with van der Waals surface area (Å²) >= 11 is 0. The molecule has 0 saturated heterocycles. The SMILES string of the molecule is CC.CN(CC(F)(F)F)CC(F)(F)F. The molecule has 0 fully saturated rings. The number of hydrogen-bond donors (Lipinski definition) is 0. The average Bonchev–Trinajstić information content (AvgIpc) is 1.82. The van der Waals surface area contributed by atoms with Crippen LogP contribution in [0.3, 0.4) is 0 Å². The molecule has 0 bridgehead atoms. The van der Waals surface area contributed by atoms with E-state index >= 15 is 0 Å². The van der Waals surface area contributed by atoms with Crippen LogP contribution in [0.4, 0.5) is 26.3 Å². The van der Waals surface area contributed by atoms with E-state index in [-0.39, 0.29) is 4.90 Å². The van der Waals surface area contributed by atoms with Gasteiger partial charge in [-0.05, 0) is 7.05 Å². The Labute approximate surface area is 78.7 Å². The van der Waals surface area contributed by atoms with Crippen LogP contribution in [-0.2, 0) is 0 Å². The summed E-state index contributed by atoms with van der Waals surface area (Å²) in [5, 5.41) is 0. The van der Waals surface area contributed by atoms with E-state index in [2.05, 4.69) is 0 Å². The van der Waals surface area contributed by atoms with Crippen molar-refractivity contribution in [3.05, 3.63) is 0 Å². The van der Waals surface area contributed by atoms with Gasteiger partial charge in [-0.3, -0.25) is 4.90 Å². The Morgan fingerprint density at radius 3 is 1.14 bits per heavy atom. The number of alkyl halides is 6. The Bertz CT molecular complexity index is 122. The van der Waals surface area contributed by atoms with E-state index in [0.717, 1.165) is 7.05 Å². The minimum absolute atomic E-state index is 0.167. The largest absolute Gasteiger partial charge is 0.401 e. The smallest absolute Gasteiger partial charge is 0.290 e. The van der Waals surface area contributed by atoms with Gasteiger partial charge in [0.05, 0.1) is 13.1 Å². The van der Waals surface area contributed by atoms with Crippen molar-refractivity contribution in [2.24, 2.45) is 0 Å². The summed E-state index contributed by atoms with van der Waals surface area (Å²) in [7, 11) is 0.765. The highest BCUT2D eigenvalue weighted by Gasteiger charge is 2.35. The average molecular weight is 225 g/mol. The lowest BCUT2D eigenvalue weighted by atomic mass is 10.5. The highest BCUT2D eigenvalue weighted by Crippen LogP contribution is 2.20. The molecule has 0 radical (unpaired) electrons. The maximum absolute atomic E-state index is 11.5. The van der Waals surface area contributed by atoms with Crippen molar-refractivity contribution in [1.29, 1.82) is 0 Å². The van der Waals surface area contributed by atoms with Gasteiger partial charge in [0.25, 0.3) is 0 Å². The minimum atomic E-state index is -4.58. The molecule has 0 rings (SSSR count). The van der Waals surface area contributed by atoms with Crippen molar-refractivity contribution in [3.8, 4) is 0 Å². The van der Waals surface area contributed by atoms with Gasteiger partial charge < -0.3 is 0 Å². The molecule has 1 nitrogen and oxygen atoms in total. The Hall–Kier alpha value is -0.460. The molecule has 88 valence electrons. The van der Waals surface area contributed by atoms with Gasteiger partial charge >= 0.3 is 12.4 Å². The Morgan fingerprint density at radius 2 is 1.00 bits per heavy atom. The summed E-state index contributed by atoms with van der Waals surface area (Å²) < 4.78 is 68.8. The normalized spacial score (nSPS) is 12.4. The molecule has 0 aliphatic rings. The summed E-state index contributed by atoms with van der Waals surface area (Å²) in [4.78, 5) is 0.167. The van der Waals surface area contributed by atoms with Crippen LogP contribution < -0.4 is 0 Å². The van der Waals surface area contributed by atoms with E-state index in [1.807, 2.05) is 13.8 Å². The number of nitrogens with zero attached hydrogens (tertiary/aromatic N) is 1. The lowest BCUT2D eigenvalue weighted by molar-refractivity contribution is -0.175. The topological polar surface area (TPSA) is 3.24 Å². The molecular weight excluding hydrogens is 212 g/mol. The van der Waals surface area contributed by atoms with Crippen molar-refractivity contribution >= 4 is 0 Å². The molecule has 0 spiro atoms. The second-order valence-electron chi connectivity index (χ2n) is 2.40. The van der Waals surface area contributed by atoms with Crippen molar-refractivity contribution in [2.45, 2.75) is 26.2 Å². The molecule has 14 heavy (non-hydrogen) atoms. The fraction of sp³-hybridized carbons (Fsp3) is 1.00. The van der Waals surface area contributed by atoms with Crippen LogP contribution in [0.5, 0.6) is 0 Å². The standard InChI is InChI=1S/C5H7F6N.C2H6/c1-12(2-4(6,7)8)3-5(9,10)11;1-2/h2-3H2,1H3;1-2H3. The molecule has 0 aromatic rings. The van der Waals surface area contributed by atoms with Gasteiger partial charge in [0.15, 0.2) is 0 Å². The van der Waals surface area contributed by atoms with Crippen LogP contribution in [0.2, 0.25) is 0 Å². The zero-order valence-corrected chi connectivity index (χ0v) is 8.13. The van der Waals surface area contributed by atoms with Crippen LogP contribution in [0, 0.1) is 0 Å². The molecule has 0 heterocycles. The van der Waals surface area contributed by atoms with Gasteiger partial charge in [0.2, 0.25) is 0 Å². The van der Waals surface area contributed by atoms with Crippen LogP contribution >= 0.6 is 0 Å². The van der Waals surface area contributed by atoms with Crippen molar-refractivity contribution in [1.82, 2.24) is 4.90 Å². The quantitative estimate of drug-likeness (QED) is 0.653. The molecule has 0 saturated carbocycles. The van der Waals surface area contributed by atoms with E-state index < -0.39 is 25.4 Å². The van der Waals surface area contributed by atoms with E-state index in [4.69, 9.17) is 0 Å². The lowest BCUT2D eigenvalue weighted by Crippen LogP contribution is -2.37. The Balaban J connectivity index is 0. The third-order valence-electron chi connectivity index (χ3n) is 0.898. The second-order valence-corrected chi connectivity index (χ2v) is 2.40. The molecule has 0 aromatic heterocycles. The lowest BCUT2D eigenvalue weighted by Gasteiger charge is -2.19. The van der Waals surface area contributed by atoms with E-state index in [1.54, 1.807) is 0 Å². The highest BCUT2D eigenvalue weighted by atomic mass is 19.4. The fourth-order valence-corrected chi connectivity index (χ4v) is 0.668. The van der Waals surface area contributed by atoms with Crippen LogP contribution in [0.15, 0.2) is 0 Å². The van der Waals surface area contributed by atoms with Gasteiger partial charge in [-0.1, -0.05) is 13.8 Å². The van der Waals surface area contributed by atoms with Crippen LogP contribution in [0.1, 0.15) is 13.8 Å². The fourth-order valence-electron chi connectivity index (χ4n) is 0.668. The van der Waals surface area contributed by atoms with Crippen molar-refractivity contribution in [2.75, 3.05) is 20.1 Å². The Kier molecular flexibility index (Phi) is 6.97. The number of halogens is 6. The zero-order valence-electron chi connectivity index (χ0n) is 8.13. The summed E-state index contributed by atoms with van der Waals surface area (Å²) in [6.07, 6.45) is -9.17. The van der Waals surface area contributed by atoms with Crippen LogP contribution in [-0.4, -0.2) is 37.4 Å². The van der Waals surface area contributed by atoms with Gasteiger partial charge in [-0.2, -0.15) is 26.3 Å². The summed E-state index contributed by atoms with van der Waals surface area (Å²) in [6.45, 7) is 0.902. The van der Waals surface area contributed by atoms with E-state index in [9.17, 15) is 26.3 Å². The predicted octanol–water partition coefficient (Wildman–Crippen LogP) is 3.07. The maximum Gasteiger partial charge on any atom is 0.401 e. The van der Waals surface area contributed by atoms with Gasteiger partial charge in [0, 0.05) is 0 Å². The molecular formula is C7H13F6N. The highest BCUT2D eigenvalue weighted by molar-refractivity contribution is 4.62. The molecule has 0 aliphatic heterocycles. The first-order valence-electron chi connectivity index (χ1n) is 3.92. The van der Waals surface area contributed by atoms with E-state index in [1.165, 1.54) is 0 Å². The first-order valence-corrected chi connectivity index (χ1v) is 3.92.